The molecule has 65 heavy (non-hydrogen) atoms. The topological polar surface area (TPSA) is 283 Å². The van der Waals surface area contributed by atoms with Gasteiger partial charge < -0.3 is 52.8 Å². The number of hydrogen-bond donors (Lipinski definition) is 7. The van der Waals surface area contributed by atoms with E-state index < -0.39 is 53.7 Å². The fourth-order valence-electron chi connectivity index (χ4n) is 7.68. The Balaban J connectivity index is 1.55. The summed E-state index contributed by atoms with van der Waals surface area (Å²) in [6.45, 7) is 5.73. The Morgan fingerprint density at radius 1 is 0.923 bits per heavy atom. The van der Waals surface area contributed by atoms with E-state index in [1.54, 1.807) is 55.6 Å². The van der Waals surface area contributed by atoms with Crippen molar-refractivity contribution in [2.75, 3.05) is 46.4 Å². The number of nitrogens with two attached hydrogens (primary N) is 3. The molecular formula is C47H61N11O7. The third-order valence-corrected chi connectivity index (χ3v) is 11.1. The maximum absolute atomic E-state index is 14.7. The summed E-state index contributed by atoms with van der Waals surface area (Å²) >= 11 is 0. The lowest BCUT2D eigenvalue weighted by atomic mass is 9.93. The van der Waals surface area contributed by atoms with Crippen molar-refractivity contribution >= 4 is 40.6 Å². The highest BCUT2D eigenvalue weighted by Crippen LogP contribution is 2.40. The van der Waals surface area contributed by atoms with Crippen LogP contribution in [0.25, 0.3) is 22.2 Å². The number of aryl methyl sites for hydroxylation is 2. The fourth-order valence-corrected chi connectivity index (χ4v) is 7.68. The minimum atomic E-state index is -1.39. The minimum Gasteiger partial charge on any atom is -0.492 e. The normalized spacial score (nSPS) is 16.6. The van der Waals surface area contributed by atoms with Crippen molar-refractivity contribution in [3.05, 3.63) is 82.7 Å². The number of unbranched alkanes of at least 4 members (excludes halogenated alkanes) is 3. The average molecular weight is 892 g/mol. The monoisotopic (exact) mass is 891 g/mol. The predicted molar refractivity (Wildman–Crippen MR) is 245 cm³/mol. The van der Waals surface area contributed by atoms with Gasteiger partial charge in [0.2, 0.25) is 23.6 Å². The predicted octanol–water partition coefficient (Wildman–Crippen LogP) is 2.24. The summed E-state index contributed by atoms with van der Waals surface area (Å²) in [5.41, 5.74) is 22.5. The first-order valence-electron chi connectivity index (χ1n) is 22.1. The molecule has 4 aromatic rings. The van der Waals surface area contributed by atoms with Crippen LogP contribution in [0.2, 0.25) is 0 Å². The number of carbonyl (C=O) groups is 5. The molecule has 5 rings (SSSR count). The number of nitrogens with one attached hydrogen (secondary N) is 4. The Bertz CT molecular complexity index is 2390. The van der Waals surface area contributed by atoms with Crippen LogP contribution < -0.4 is 47.9 Å². The number of fused-ring (bicyclic) bond motifs is 6. The van der Waals surface area contributed by atoms with Gasteiger partial charge in [0, 0.05) is 43.9 Å². The van der Waals surface area contributed by atoms with Gasteiger partial charge >= 0.3 is 0 Å². The zero-order valence-electron chi connectivity index (χ0n) is 37.6. The maximum Gasteiger partial charge on any atom is 0.253 e. The zero-order chi connectivity index (χ0) is 47.0. The van der Waals surface area contributed by atoms with Crippen molar-refractivity contribution in [3.63, 3.8) is 0 Å². The molecule has 0 aliphatic carbocycles. The van der Waals surface area contributed by atoms with E-state index in [0.29, 0.717) is 50.5 Å². The minimum absolute atomic E-state index is 0.00602. The van der Waals surface area contributed by atoms with Gasteiger partial charge in [-0.15, -0.1) is 0 Å². The molecule has 2 aromatic carbocycles. The first-order chi connectivity index (χ1) is 31.3. The molecule has 4 bridgehead atoms. The number of benzene rings is 2. The molecule has 18 nitrogen and oxygen atoms in total. The van der Waals surface area contributed by atoms with Gasteiger partial charge in [0.05, 0.1) is 28.4 Å². The maximum atomic E-state index is 14.7. The third-order valence-electron chi connectivity index (χ3n) is 11.1. The summed E-state index contributed by atoms with van der Waals surface area (Å²) in [4.78, 5) is 80.8. The number of rotatable bonds is 19. The number of ether oxygens (including phenoxy) is 2. The summed E-state index contributed by atoms with van der Waals surface area (Å²) in [6, 6.07) is 10.7. The second-order valence-electron chi connectivity index (χ2n) is 16.0. The molecular weight excluding hydrogens is 831 g/mol. The van der Waals surface area contributed by atoms with Crippen LogP contribution in [0.3, 0.4) is 0 Å². The highest BCUT2D eigenvalue weighted by Gasteiger charge is 2.36. The van der Waals surface area contributed by atoms with Crippen molar-refractivity contribution in [2.45, 2.75) is 89.9 Å². The Labute approximate surface area is 379 Å². The molecule has 0 saturated carbocycles. The molecule has 0 radical (unpaired) electrons. The first-order valence-corrected chi connectivity index (χ1v) is 22.1. The van der Waals surface area contributed by atoms with Gasteiger partial charge in [-0.2, -0.15) is 5.26 Å². The average Bonchev–Trinajstić information content (AvgIpc) is 3.29. The Morgan fingerprint density at radius 3 is 2.31 bits per heavy atom. The third kappa shape index (κ3) is 12.7. The number of nitrogens with zero attached hydrogens (tertiary/aromatic N) is 4. The van der Waals surface area contributed by atoms with Gasteiger partial charge in [-0.3, -0.25) is 33.9 Å². The number of pyridine rings is 2. The molecule has 0 spiro atoms. The van der Waals surface area contributed by atoms with Crippen LogP contribution in [-0.4, -0.2) is 109 Å². The van der Waals surface area contributed by atoms with E-state index in [1.807, 2.05) is 12.1 Å². The van der Waals surface area contributed by atoms with Crippen LogP contribution in [0.15, 0.2) is 54.7 Å². The molecule has 1 aliphatic rings. The van der Waals surface area contributed by atoms with Crippen LogP contribution in [-0.2, 0) is 32.0 Å². The van der Waals surface area contributed by atoms with Gasteiger partial charge in [-0.1, -0.05) is 38.3 Å². The highest BCUT2D eigenvalue weighted by atomic mass is 16.5. The van der Waals surface area contributed by atoms with E-state index in [1.165, 1.54) is 25.3 Å². The van der Waals surface area contributed by atoms with E-state index in [0.717, 1.165) is 31.2 Å². The van der Waals surface area contributed by atoms with Crippen LogP contribution in [0.5, 0.6) is 11.5 Å². The van der Waals surface area contributed by atoms with Crippen molar-refractivity contribution in [1.82, 2.24) is 36.1 Å². The lowest BCUT2D eigenvalue weighted by Crippen LogP contribution is -2.56. The van der Waals surface area contributed by atoms with Gasteiger partial charge in [0.25, 0.3) is 5.91 Å². The quantitative estimate of drug-likeness (QED) is 0.0526. The largest absolute Gasteiger partial charge is 0.492 e. The molecule has 5 amide bonds. The van der Waals surface area contributed by atoms with Gasteiger partial charge in [0.15, 0.2) is 0 Å². The molecule has 0 fully saturated rings. The van der Waals surface area contributed by atoms with Gasteiger partial charge in [-0.25, -0.2) is 0 Å². The number of aromatic nitrogens is 2. The number of amides is 5. The van der Waals surface area contributed by atoms with Crippen molar-refractivity contribution in [3.8, 4) is 28.7 Å². The van der Waals surface area contributed by atoms with E-state index in [9.17, 15) is 24.0 Å². The second kappa shape index (κ2) is 23.8. The molecule has 0 saturated heterocycles. The highest BCUT2D eigenvalue weighted by molar-refractivity contribution is 6.01. The van der Waals surface area contributed by atoms with E-state index >= 15 is 0 Å². The van der Waals surface area contributed by atoms with Crippen molar-refractivity contribution in [1.29, 1.82) is 5.26 Å². The molecule has 3 heterocycles. The number of hydrogen-bond acceptors (Lipinski definition) is 13. The number of nitriles is 1. The van der Waals surface area contributed by atoms with Crippen LogP contribution in [0.4, 0.5) is 0 Å². The van der Waals surface area contributed by atoms with E-state index in [2.05, 4.69) is 33.2 Å². The summed E-state index contributed by atoms with van der Waals surface area (Å²) in [5.74, 6) is -2.50. The lowest BCUT2D eigenvalue weighted by Gasteiger charge is -2.32. The van der Waals surface area contributed by atoms with Crippen LogP contribution in [0.1, 0.15) is 84.7 Å². The standard InChI is InChI=1S/C47H61N11O7/c1-5-6-7-8-9-31-24-38-37(53-27-31)26-33(28(2)54-38)44(60)56-36(14-15-48)47(63)58(4)42-32-11-13-41(65-21-18-51)35(25-32)34-22-30(10-12-40(34)64-20-17-50)23-39(45(61)52-19-16-49)57-43(59)29(3)55-46(42)62/h10-13,22,24-27,29,36,39,42H,5-9,14-15,17-21,23,48,50-51H2,1-4H3,(H,52,61)(H,55,62)(H,56,60)(H,57,59)/t29-,36-,39-,42-/m0/s1. The van der Waals surface area contributed by atoms with Crippen LogP contribution in [0, 0.1) is 18.3 Å². The number of likely N-dealkylation sites (N-methyl/N-ethyl adjacent to an activating group) is 1. The number of carbonyl (C=O) groups excluding carboxylic acids is 5. The van der Waals surface area contributed by atoms with Crippen LogP contribution >= 0.6 is 0 Å². The zero-order valence-corrected chi connectivity index (χ0v) is 37.6. The Morgan fingerprint density at radius 2 is 1.63 bits per heavy atom. The molecule has 4 atom stereocenters. The molecule has 10 N–H and O–H groups in total. The van der Waals surface area contributed by atoms with Gasteiger partial charge in [-0.05, 0) is 92.7 Å². The Hall–Kier alpha value is -6.68. The molecule has 2 aromatic heterocycles. The summed E-state index contributed by atoms with van der Waals surface area (Å²) in [6.07, 6.45) is 7.18. The smallest absolute Gasteiger partial charge is 0.253 e. The molecule has 346 valence electrons. The molecule has 1 aliphatic heterocycles. The van der Waals surface area contributed by atoms with E-state index in [-0.39, 0.29) is 57.8 Å². The van der Waals surface area contributed by atoms with Crippen molar-refractivity contribution < 1.29 is 33.4 Å². The second-order valence-corrected chi connectivity index (χ2v) is 16.0. The van der Waals surface area contributed by atoms with Crippen molar-refractivity contribution in [2.24, 2.45) is 17.2 Å². The molecule has 18 heteroatoms. The lowest BCUT2D eigenvalue weighted by molar-refractivity contribution is -0.141. The van der Waals surface area contributed by atoms with E-state index in [4.69, 9.17) is 36.9 Å². The van der Waals surface area contributed by atoms with Gasteiger partial charge in [0.1, 0.15) is 55.4 Å². The summed E-state index contributed by atoms with van der Waals surface area (Å²) in [7, 11) is 1.42. The molecule has 0 unspecified atom stereocenters. The first kappa shape index (κ1) is 49.3. The SMILES string of the molecule is CCCCCCc1cnc2cc(C(=O)N[C@@H](CCN)C(=O)N(C)[C@@H]3C(=O)N[C@@H](C)C(=O)N[C@H](C(=O)NCC#N)Cc4ccc(OCCN)c(c4)-c4cc3ccc4OCCN)c(C)nc2c1. The Kier molecular flexibility index (Phi) is 18.1. The fraction of sp³-hybridized carbons (Fsp3) is 0.447. The summed E-state index contributed by atoms with van der Waals surface area (Å²) in [5, 5.41) is 19.9. The summed E-state index contributed by atoms with van der Waals surface area (Å²) < 4.78 is 12.2.